The molecule has 0 radical (unpaired) electrons. The highest BCUT2D eigenvalue weighted by Gasteiger charge is 2.32. The van der Waals surface area contributed by atoms with Gasteiger partial charge in [0.2, 0.25) is 10.0 Å². The van der Waals surface area contributed by atoms with Crippen LogP contribution in [0.4, 0.5) is 13.2 Å². The van der Waals surface area contributed by atoms with Crippen LogP contribution in [0.3, 0.4) is 0 Å². The summed E-state index contributed by atoms with van der Waals surface area (Å²) in [6.07, 6.45) is -4.58. The van der Waals surface area contributed by atoms with E-state index in [0.29, 0.717) is 38.9 Å². The molecule has 0 saturated carbocycles. The van der Waals surface area contributed by atoms with E-state index in [9.17, 15) is 21.6 Å². The molecule has 1 atom stereocenters. The third kappa shape index (κ3) is 5.17. The summed E-state index contributed by atoms with van der Waals surface area (Å²) in [6.45, 7) is 4.74. The van der Waals surface area contributed by atoms with Gasteiger partial charge in [-0.25, -0.2) is 13.1 Å². The van der Waals surface area contributed by atoms with Crippen molar-refractivity contribution in [1.29, 1.82) is 0 Å². The summed E-state index contributed by atoms with van der Waals surface area (Å²) in [5, 5.41) is 0. The summed E-state index contributed by atoms with van der Waals surface area (Å²) in [6, 6.07) is 3.30. The molecular formula is C14H19F3N2O3S. The van der Waals surface area contributed by atoms with Gasteiger partial charge < -0.3 is 4.74 Å². The molecule has 0 unspecified atom stereocenters. The highest BCUT2D eigenvalue weighted by atomic mass is 32.2. The molecule has 5 nitrogen and oxygen atoms in total. The molecule has 1 aromatic carbocycles. The van der Waals surface area contributed by atoms with Gasteiger partial charge in [0.05, 0.1) is 23.7 Å². The predicted molar refractivity (Wildman–Crippen MR) is 78.5 cm³/mol. The lowest BCUT2D eigenvalue weighted by Crippen LogP contribution is -2.45. The molecule has 9 heteroatoms. The molecule has 0 bridgehead atoms. The normalized spacial score (nSPS) is 18.8. The Balaban J connectivity index is 2.06. The van der Waals surface area contributed by atoms with E-state index in [-0.39, 0.29) is 4.90 Å². The van der Waals surface area contributed by atoms with Crippen molar-refractivity contribution in [1.82, 2.24) is 9.62 Å². The van der Waals surface area contributed by atoms with Crippen LogP contribution in [0, 0.1) is 0 Å². The van der Waals surface area contributed by atoms with E-state index in [4.69, 9.17) is 4.74 Å². The number of alkyl halides is 3. The zero-order chi connectivity index (χ0) is 17.1. The highest BCUT2D eigenvalue weighted by molar-refractivity contribution is 7.89. The lowest BCUT2D eigenvalue weighted by Gasteiger charge is -2.29. The van der Waals surface area contributed by atoms with E-state index < -0.39 is 27.8 Å². The van der Waals surface area contributed by atoms with Crippen LogP contribution in [0.15, 0.2) is 29.2 Å². The Morgan fingerprint density at radius 3 is 2.57 bits per heavy atom. The Hall–Kier alpha value is -1.16. The summed E-state index contributed by atoms with van der Waals surface area (Å²) >= 11 is 0. The van der Waals surface area contributed by atoms with Crippen LogP contribution in [0.1, 0.15) is 12.5 Å². The predicted octanol–water partition coefficient (Wildman–Crippen LogP) is 1.70. The highest BCUT2D eigenvalue weighted by Crippen LogP contribution is 2.30. The monoisotopic (exact) mass is 352 g/mol. The second kappa shape index (κ2) is 7.16. The van der Waals surface area contributed by atoms with E-state index in [1.54, 1.807) is 6.92 Å². The maximum absolute atomic E-state index is 12.7. The zero-order valence-corrected chi connectivity index (χ0v) is 13.5. The molecule has 1 fully saturated rings. The number of hydrogen-bond donors (Lipinski definition) is 1. The maximum Gasteiger partial charge on any atom is 0.416 e. The Kier molecular flexibility index (Phi) is 5.66. The van der Waals surface area contributed by atoms with Crippen LogP contribution in [0.25, 0.3) is 0 Å². The number of halogens is 3. The van der Waals surface area contributed by atoms with Crippen LogP contribution < -0.4 is 4.72 Å². The van der Waals surface area contributed by atoms with E-state index in [1.165, 1.54) is 0 Å². The number of morpholine rings is 1. The van der Waals surface area contributed by atoms with Crippen molar-refractivity contribution >= 4 is 10.0 Å². The molecule has 1 aromatic rings. The molecule has 1 saturated heterocycles. The number of nitrogens with zero attached hydrogens (tertiary/aromatic N) is 1. The van der Waals surface area contributed by atoms with Crippen LogP contribution in [-0.2, 0) is 20.9 Å². The molecule has 0 aliphatic carbocycles. The minimum absolute atomic E-state index is 0.388. The Morgan fingerprint density at radius 2 is 1.96 bits per heavy atom. The van der Waals surface area contributed by atoms with Crippen molar-refractivity contribution in [2.24, 2.45) is 0 Å². The molecule has 1 aliphatic rings. The average molecular weight is 352 g/mol. The quantitative estimate of drug-likeness (QED) is 0.876. The van der Waals surface area contributed by atoms with Crippen molar-refractivity contribution in [2.75, 3.05) is 32.8 Å². The van der Waals surface area contributed by atoms with Crippen LogP contribution in [0.5, 0.6) is 0 Å². The SMILES string of the molecule is C[C@@H](CN1CCOCC1)NS(=O)(=O)c1cccc(C(F)(F)F)c1. The van der Waals surface area contributed by atoms with Crippen LogP contribution in [0.2, 0.25) is 0 Å². The number of hydrogen-bond acceptors (Lipinski definition) is 4. The fourth-order valence-corrected chi connectivity index (χ4v) is 3.66. The first kappa shape index (κ1) is 18.2. The molecule has 0 amide bonds. The van der Waals surface area contributed by atoms with E-state index >= 15 is 0 Å². The maximum atomic E-state index is 12.7. The fourth-order valence-electron chi connectivity index (χ4n) is 2.38. The molecule has 0 spiro atoms. The Labute approximate surface area is 133 Å². The fraction of sp³-hybridized carbons (Fsp3) is 0.571. The first-order valence-corrected chi connectivity index (χ1v) is 8.66. The zero-order valence-electron chi connectivity index (χ0n) is 12.6. The van der Waals surface area contributed by atoms with Crippen molar-refractivity contribution in [2.45, 2.75) is 24.0 Å². The standard InChI is InChI=1S/C14H19F3N2O3S/c1-11(10-19-5-7-22-8-6-19)18-23(20,21)13-4-2-3-12(9-13)14(15,16)17/h2-4,9,11,18H,5-8,10H2,1H3/t11-/m0/s1. The van der Waals surface area contributed by atoms with Gasteiger partial charge in [0.15, 0.2) is 0 Å². The van der Waals surface area contributed by atoms with Gasteiger partial charge in [0.1, 0.15) is 0 Å². The minimum Gasteiger partial charge on any atom is -0.379 e. The number of sulfonamides is 1. The number of ether oxygens (including phenoxy) is 1. The number of nitrogens with one attached hydrogen (secondary N) is 1. The van der Waals surface area contributed by atoms with E-state index in [2.05, 4.69) is 4.72 Å². The second-order valence-electron chi connectivity index (χ2n) is 5.46. The number of rotatable bonds is 5. The lowest BCUT2D eigenvalue weighted by molar-refractivity contribution is -0.137. The van der Waals surface area contributed by atoms with Gasteiger partial charge >= 0.3 is 6.18 Å². The smallest absolute Gasteiger partial charge is 0.379 e. The first-order valence-electron chi connectivity index (χ1n) is 7.18. The minimum atomic E-state index is -4.58. The van der Waals surface area contributed by atoms with Crippen molar-refractivity contribution in [3.63, 3.8) is 0 Å². The van der Waals surface area contributed by atoms with Crippen molar-refractivity contribution < 1.29 is 26.3 Å². The molecule has 1 aliphatic heterocycles. The third-order valence-electron chi connectivity index (χ3n) is 3.46. The van der Waals surface area contributed by atoms with Gasteiger partial charge in [-0.05, 0) is 25.1 Å². The van der Waals surface area contributed by atoms with Crippen LogP contribution in [-0.4, -0.2) is 52.2 Å². The van der Waals surface area contributed by atoms with Crippen molar-refractivity contribution in [3.05, 3.63) is 29.8 Å². The molecule has 23 heavy (non-hydrogen) atoms. The van der Waals surface area contributed by atoms with Gasteiger partial charge in [-0.2, -0.15) is 13.2 Å². The van der Waals surface area contributed by atoms with Gasteiger partial charge in [-0.3, -0.25) is 4.90 Å². The molecule has 0 aromatic heterocycles. The lowest BCUT2D eigenvalue weighted by atomic mass is 10.2. The molecule has 1 heterocycles. The summed E-state index contributed by atoms with van der Waals surface area (Å²) < 4.78 is 70.2. The molecular weight excluding hydrogens is 333 g/mol. The first-order chi connectivity index (χ1) is 10.7. The van der Waals surface area contributed by atoms with Gasteiger partial charge in [-0.1, -0.05) is 6.07 Å². The van der Waals surface area contributed by atoms with Gasteiger partial charge in [0.25, 0.3) is 0 Å². The molecule has 130 valence electrons. The summed E-state index contributed by atoms with van der Waals surface area (Å²) in [5.74, 6) is 0. The summed E-state index contributed by atoms with van der Waals surface area (Å²) in [4.78, 5) is 1.66. The third-order valence-corrected chi connectivity index (χ3v) is 5.05. The van der Waals surface area contributed by atoms with Crippen LogP contribution >= 0.6 is 0 Å². The Morgan fingerprint density at radius 1 is 1.30 bits per heavy atom. The molecule has 2 rings (SSSR count). The van der Waals surface area contributed by atoms with Gasteiger partial charge in [-0.15, -0.1) is 0 Å². The topological polar surface area (TPSA) is 58.6 Å². The average Bonchev–Trinajstić information content (AvgIpc) is 2.47. The number of benzene rings is 1. The largest absolute Gasteiger partial charge is 0.416 e. The second-order valence-corrected chi connectivity index (χ2v) is 7.17. The molecule has 1 N–H and O–H groups in total. The summed E-state index contributed by atoms with van der Waals surface area (Å²) in [7, 11) is -4.00. The van der Waals surface area contributed by atoms with E-state index in [1.807, 2.05) is 4.90 Å². The van der Waals surface area contributed by atoms with Crippen molar-refractivity contribution in [3.8, 4) is 0 Å². The Bertz CT molecular complexity index is 628. The van der Waals surface area contributed by atoms with E-state index in [0.717, 1.165) is 18.2 Å². The van der Waals surface area contributed by atoms with Gasteiger partial charge in [0, 0.05) is 25.7 Å². The summed E-state index contributed by atoms with van der Waals surface area (Å²) in [5.41, 5.74) is -0.985.